The third-order valence-corrected chi connectivity index (χ3v) is 5.08. The van der Waals surface area contributed by atoms with E-state index in [0.717, 1.165) is 25.3 Å². The van der Waals surface area contributed by atoms with Crippen molar-refractivity contribution in [3.8, 4) is 0 Å². The molecule has 2 aromatic heterocycles. The number of pyridine rings is 1. The van der Waals surface area contributed by atoms with Crippen molar-refractivity contribution in [3.05, 3.63) is 54.1 Å². The van der Waals surface area contributed by atoms with Gasteiger partial charge in [-0.2, -0.15) is 0 Å². The molecule has 0 bridgehead atoms. The molecule has 0 radical (unpaired) electrons. The minimum atomic E-state index is 0.218. The maximum Gasteiger partial charge on any atom is 0.233 e. The summed E-state index contributed by atoms with van der Waals surface area (Å²) < 4.78 is 2.26. The number of fused-ring (bicyclic) bond motifs is 1. The molecule has 1 aliphatic heterocycles. The molecule has 0 spiro atoms. The first kappa shape index (κ1) is 15.2. The quantitative estimate of drug-likeness (QED) is 0.851. The normalized spacial score (nSPS) is 17.3. The predicted octanol–water partition coefficient (Wildman–Crippen LogP) is 3.11. The zero-order valence-electron chi connectivity index (χ0n) is 12.8. The monoisotopic (exact) mass is 315 g/mol. The molecule has 3 rings (SSSR count). The lowest BCUT2D eigenvalue weighted by atomic mass is 10.1. The minimum Gasteiger partial charge on any atom is -0.348 e. The fourth-order valence-corrected chi connectivity index (χ4v) is 3.86. The number of hydrogen-bond acceptors (Lipinski definition) is 3. The lowest BCUT2D eigenvalue weighted by Gasteiger charge is -2.36. The van der Waals surface area contributed by atoms with Crippen molar-refractivity contribution in [2.75, 3.05) is 12.3 Å². The van der Waals surface area contributed by atoms with Crippen LogP contribution in [0.5, 0.6) is 0 Å². The molecule has 1 atom stereocenters. The summed E-state index contributed by atoms with van der Waals surface area (Å²) >= 11 is 1.67. The summed E-state index contributed by atoms with van der Waals surface area (Å²) in [4.78, 5) is 18.7. The highest BCUT2D eigenvalue weighted by Crippen LogP contribution is 2.29. The van der Waals surface area contributed by atoms with Crippen LogP contribution in [0, 0.1) is 0 Å². The molecular weight excluding hydrogens is 294 g/mol. The maximum absolute atomic E-state index is 12.6. The summed E-state index contributed by atoms with van der Waals surface area (Å²) in [6.45, 7) is 3.86. The first-order chi connectivity index (χ1) is 10.8. The standard InChI is InChI=1S/C17H21N3OS/c1-2-15-16-6-4-8-19(16)9-10-20(15)17(21)13-22-12-14-5-3-7-18-11-14/h3-8,11,15H,2,9-10,12-13H2,1H3/t15-/m0/s1. The first-order valence-electron chi connectivity index (χ1n) is 7.70. The van der Waals surface area contributed by atoms with E-state index in [1.54, 1.807) is 18.0 Å². The smallest absolute Gasteiger partial charge is 0.233 e. The Morgan fingerprint density at radius 2 is 2.27 bits per heavy atom. The Labute approximate surface area is 135 Å². The van der Waals surface area contributed by atoms with Gasteiger partial charge in [0.15, 0.2) is 0 Å². The Kier molecular flexibility index (Phi) is 4.83. The maximum atomic E-state index is 12.6. The highest BCUT2D eigenvalue weighted by Gasteiger charge is 2.29. The fourth-order valence-electron chi connectivity index (χ4n) is 3.02. The molecule has 0 unspecified atom stereocenters. The van der Waals surface area contributed by atoms with Crippen molar-refractivity contribution >= 4 is 17.7 Å². The van der Waals surface area contributed by atoms with Gasteiger partial charge in [0.05, 0.1) is 11.8 Å². The third-order valence-electron chi connectivity index (χ3n) is 4.09. The van der Waals surface area contributed by atoms with E-state index < -0.39 is 0 Å². The average Bonchev–Trinajstić information content (AvgIpc) is 3.03. The van der Waals surface area contributed by atoms with Gasteiger partial charge in [-0.05, 0) is 30.2 Å². The molecule has 1 amide bonds. The van der Waals surface area contributed by atoms with Crippen LogP contribution in [0.25, 0.3) is 0 Å². The Bertz CT molecular complexity index is 626. The van der Waals surface area contributed by atoms with Crippen LogP contribution in [-0.4, -0.2) is 32.7 Å². The summed E-state index contributed by atoms with van der Waals surface area (Å²) in [6, 6.07) is 8.41. The lowest BCUT2D eigenvalue weighted by molar-refractivity contribution is -0.132. The number of hydrogen-bond donors (Lipinski definition) is 0. The molecule has 116 valence electrons. The molecule has 5 heteroatoms. The highest BCUT2D eigenvalue weighted by atomic mass is 32.2. The van der Waals surface area contributed by atoms with Crippen LogP contribution in [0.3, 0.4) is 0 Å². The molecule has 0 aromatic carbocycles. The van der Waals surface area contributed by atoms with E-state index in [0.29, 0.717) is 5.75 Å². The molecule has 4 nitrogen and oxygen atoms in total. The molecule has 2 aromatic rings. The number of carbonyl (C=O) groups is 1. The number of carbonyl (C=O) groups excluding carboxylic acids is 1. The van der Waals surface area contributed by atoms with Gasteiger partial charge in [0.2, 0.25) is 5.91 Å². The summed E-state index contributed by atoms with van der Waals surface area (Å²) in [6.07, 6.45) is 6.70. The van der Waals surface area contributed by atoms with E-state index >= 15 is 0 Å². The van der Waals surface area contributed by atoms with Gasteiger partial charge in [0.25, 0.3) is 0 Å². The molecule has 0 saturated heterocycles. The van der Waals surface area contributed by atoms with Crippen LogP contribution in [0.1, 0.15) is 30.6 Å². The van der Waals surface area contributed by atoms with Crippen LogP contribution in [-0.2, 0) is 17.1 Å². The molecule has 0 saturated carbocycles. The summed E-state index contributed by atoms with van der Waals surface area (Å²) in [7, 11) is 0. The summed E-state index contributed by atoms with van der Waals surface area (Å²) in [5, 5.41) is 0. The van der Waals surface area contributed by atoms with Gasteiger partial charge in [-0.15, -0.1) is 11.8 Å². The number of aromatic nitrogens is 2. The Hall–Kier alpha value is -1.75. The molecule has 22 heavy (non-hydrogen) atoms. The van der Waals surface area contributed by atoms with Gasteiger partial charge in [0.1, 0.15) is 0 Å². The van der Waals surface area contributed by atoms with Gasteiger partial charge in [-0.3, -0.25) is 9.78 Å². The molecule has 1 aliphatic rings. The van der Waals surface area contributed by atoms with E-state index in [4.69, 9.17) is 0 Å². The molecule has 0 N–H and O–H groups in total. The Morgan fingerprint density at radius 1 is 1.36 bits per heavy atom. The van der Waals surface area contributed by atoms with Crippen molar-refractivity contribution in [2.24, 2.45) is 0 Å². The second kappa shape index (κ2) is 7.01. The second-order valence-electron chi connectivity index (χ2n) is 5.49. The lowest BCUT2D eigenvalue weighted by Crippen LogP contribution is -2.42. The second-order valence-corrected chi connectivity index (χ2v) is 6.48. The van der Waals surface area contributed by atoms with Crippen LogP contribution < -0.4 is 0 Å². The number of amides is 1. The zero-order chi connectivity index (χ0) is 15.4. The zero-order valence-corrected chi connectivity index (χ0v) is 13.6. The summed E-state index contributed by atoms with van der Waals surface area (Å²) in [5.74, 6) is 1.61. The SMILES string of the molecule is CC[C@H]1c2cccn2CCN1C(=O)CSCc1cccnc1. The van der Waals surface area contributed by atoms with Crippen molar-refractivity contribution in [1.29, 1.82) is 0 Å². The summed E-state index contributed by atoms with van der Waals surface area (Å²) in [5.41, 5.74) is 2.43. The van der Waals surface area contributed by atoms with Crippen LogP contribution in [0.2, 0.25) is 0 Å². The van der Waals surface area contributed by atoms with E-state index in [2.05, 4.69) is 34.8 Å². The third kappa shape index (κ3) is 3.19. The van der Waals surface area contributed by atoms with Gasteiger partial charge in [-0.25, -0.2) is 0 Å². The Morgan fingerprint density at radius 3 is 3.05 bits per heavy atom. The van der Waals surface area contributed by atoms with Gasteiger partial charge >= 0.3 is 0 Å². The molecule has 0 fully saturated rings. The van der Waals surface area contributed by atoms with Crippen LogP contribution >= 0.6 is 11.8 Å². The largest absolute Gasteiger partial charge is 0.348 e. The molecule has 3 heterocycles. The first-order valence-corrected chi connectivity index (χ1v) is 8.86. The highest BCUT2D eigenvalue weighted by molar-refractivity contribution is 7.99. The number of thioether (sulfide) groups is 1. The molecular formula is C17H21N3OS. The van der Waals surface area contributed by atoms with Gasteiger partial charge < -0.3 is 9.47 Å². The Balaban J connectivity index is 1.58. The van der Waals surface area contributed by atoms with E-state index in [-0.39, 0.29) is 11.9 Å². The predicted molar refractivity (Wildman–Crippen MR) is 89.6 cm³/mol. The van der Waals surface area contributed by atoms with Gasteiger partial charge in [-0.1, -0.05) is 13.0 Å². The van der Waals surface area contributed by atoms with E-state index in [1.165, 1.54) is 11.3 Å². The minimum absolute atomic E-state index is 0.218. The van der Waals surface area contributed by atoms with Crippen LogP contribution in [0.15, 0.2) is 42.9 Å². The van der Waals surface area contributed by atoms with Crippen molar-refractivity contribution in [1.82, 2.24) is 14.5 Å². The topological polar surface area (TPSA) is 38.1 Å². The van der Waals surface area contributed by atoms with E-state index in [1.807, 2.05) is 23.2 Å². The number of rotatable bonds is 5. The average molecular weight is 315 g/mol. The van der Waals surface area contributed by atoms with Gasteiger partial charge in [0, 0.05) is 43.1 Å². The van der Waals surface area contributed by atoms with Crippen LogP contribution in [0.4, 0.5) is 0 Å². The van der Waals surface area contributed by atoms with Crippen molar-refractivity contribution in [3.63, 3.8) is 0 Å². The number of nitrogens with zero attached hydrogens (tertiary/aromatic N) is 3. The molecule has 0 aliphatic carbocycles. The van der Waals surface area contributed by atoms with Crippen molar-refractivity contribution < 1.29 is 4.79 Å². The fraction of sp³-hybridized carbons (Fsp3) is 0.412. The van der Waals surface area contributed by atoms with E-state index in [9.17, 15) is 4.79 Å². The van der Waals surface area contributed by atoms with Crippen molar-refractivity contribution in [2.45, 2.75) is 31.7 Å².